The summed E-state index contributed by atoms with van der Waals surface area (Å²) in [7, 11) is 4.34. The largest absolute Gasteiger partial charge is 0.310 e. The van der Waals surface area contributed by atoms with Gasteiger partial charge >= 0.3 is 0 Å². The van der Waals surface area contributed by atoms with E-state index in [9.17, 15) is 0 Å². The molecule has 2 nitrogen and oxygen atoms in total. The molecule has 1 unspecified atom stereocenters. The molecule has 98 valence electrons. The van der Waals surface area contributed by atoms with Gasteiger partial charge in [-0.25, -0.2) is 0 Å². The molecule has 0 aliphatic carbocycles. The molecule has 0 radical (unpaired) electrons. The summed E-state index contributed by atoms with van der Waals surface area (Å²) < 4.78 is 0. The van der Waals surface area contributed by atoms with Crippen LogP contribution in [0.4, 0.5) is 0 Å². The second kappa shape index (κ2) is 7.14. The third-order valence-electron chi connectivity index (χ3n) is 2.95. The Bertz CT molecular complexity index is 318. The van der Waals surface area contributed by atoms with Crippen molar-refractivity contribution in [2.24, 2.45) is 5.92 Å². The minimum absolute atomic E-state index is 0.635. The van der Waals surface area contributed by atoms with E-state index in [0.717, 1.165) is 19.0 Å². The van der Waals surface area contributed by atoms with E-state index in [0.29, 0.717) is 6.04 Å². The van der Waals surface area contributed by atoms with E-state index < -0.39 is 0 Å². The van der Waals surface area contributed by atoms with Gasteiger partial charge in [-0.2, -0.15) is 0 Å². The first-order valence-electron chi connectivity index (χ1n) is 6.41. The summed E-state index contributed by atoms with van der Waals surface area (Å²) in [5.74, 6) is 0.758. The molecule has 1 heterocycles. The van der Waals surface area contributed by atoms with Gasteiger partial charge in [0.05, 0.1) is 0 Å². The number of nitrogens with one attached hydrogen (secondary N) is 1. The van der Waals surface area contributed by atoms with Gasteiger partial charge in [-0.1, -0.05) is 13.8 Å². The Morgan fingerprint density at radius 1 is 1.29 bits per heavy atom. The molecule has 1 aromatic heterocycles. The van der Waals surface area contributed by atoms with Crippen LogP contribution in [0.2, 0.25) is 0 Å². The highest BCUT2D eigenvalue weighted by molar-refractivity contribution is 7.11. The Kier molecular flexibility index (Phi) is 6.17. The lowest BCUT2D eigenvalue weighted by Gasteiger charge is -2.26. The molecule has 0 amide bonds. The van der Waals surface area contributed by atoms with E-state index >= 15 is 0 Å². The second-order valence-electron chi connectivity index (χ2n) is 5.39. The van der Waals surface area contributed by atoms with Crippen molar-refractivity contribution in [3.8, 4) is 0 Å². The van der Waals surface area contributed by atoms with Crippen LogP contribution >= 0.6 is 11.3 Å². The number of likely N-dealkylation sites (N-methyl/N-ethyl adjacent to an activating group) is 1. The van der Waals surface area contributed by atoms with Crippen LogP contribution < -0.4 is 5.32 Å². The Balaban J connectivity index is 2.31. The van der Waals surface area contributed by atoms with Gasteiger partial charge in [-0.3, -0.25) is 0 Å². The van der Waals surface area contributed by atoms with Crippen molar-refractivity contribution in [1.82, 2.24) is 10.2 Å². The van der Waals surface area contributed by atoms with Gasteiger partial charge in [0.2, 0.25) is 0 Å². The van der Waals surface area contributed by atoms with Crippen molar-refractivity contribution >= 4 is 11.3 Å². The lowest BCUT2D eigenvalue weighted by molar-refractivity contribution is 0.247. The Morgan fingerprint density at radius 2 is 2.00 bits per heavy atom. The topological polar surface area (TPSA) is 15.3 Å². The van der Waals surface area contributed by atoms with E-state index in [4.69, 9.17) is 0 Å². The number of rotatable bonds is 7. The predicted octanol–water partition coefficient (Wildman–Crippen LogP) is 3.12. The predicted molar refractivity (Wildman–Crippen MR) is 77.7 cm³/mol. The van der Waals surface area contributed by atoms with Crippen LogP contribution in [0.15, 0.2) is 12.1 Å². The van der Waals surface area contributed by atoms with Gasteiger partial charge in [0.15, 0.2) is 0 Å². The quantitative estimate of drug-likeness (QED) is 0.804. The number of aryl methyl sites for hydroxylation is 1. The van der Waals surface area contributed by atoms with E-state index in [1.165, 1.54) is 16.2 Å². The molecule has 0 saturated heterocycles. The molecule has 0 spiro atoms. The van der Waals surface area contributed by atoms with Crippen LogP contribution in [0, 0.1) is 12.8 Å². The van der Waals surface area contributed by atoms with Crippen molar-refractivity contribution in [2.45, 2.75) is 39.8 Å². The first-order chi connectivity index (χ1) is 7.99. The molecule has 1 rings (SSSR count). The van der Waals surface area contributed by atoms with Crippen molar-refractivity contribution < 1.29 is 0 Å². The molecular formula is C14H26N2S. The Hall–Kier alpha value is -0.380. The first-order valence-corrected chi connectivity index (χ1v) is 7.23. The number of thiophene rings is 1. The SMILES string of the molecule is Cc1ccc(CNCC(CC(C)C)N(C)C)s1. The molecule has 3 heteroatoms. The van der Waals surface area contributed by atoms with Crippen molar-refractivity contribution in [1.29, 1.82) is 0 Å². The summed E-state index contributed by atoms with van der Waals surface area (Å²) in [6, 6.07) is 5.05. The third kappa shape index (κ3) is 5.66. The van der Waals surface area contributed by atoms with Gasteiger partial charge in [0.25, 0.3) is 0 Å². The fourth-order valence-corrected chi connectivity index (χ4v) is 2.82. The smallest absolute Gasteiger partial charge is 0.0300 e. The molecule has 0 aliphatic heterocycles. The van der Waals surface area contributed by atoms with E-state index in [-0.39, 0.29) is 0 Å². The van der Waals surface area contributed by atoms with Crippen molar-refractivity contribution in [3.63, 3.8) is 0 Å². The molecular weight excluding hydrogens is 228 g/mol. The monoisotopic (exact) mass is 254 g/mol. The maximum Gasteiger partial charge on any atom is 0.0300 e. The molecule has 0 fully saturated rings. The van der Waals surface area contributed by atoms with Gasteiger partial charge in [0.1, 0.15) is 0 Å². The minimum Gasteiger partial charge on any atom is -0.310 e. The first kappa shape index (κ1) is 14.7. The van der Waals surface area contributed by atoms with Gasteiger partial charge in [0, 0.05) is 28.9 Å². The molecule has 0 bridgehead atoms. The van der Waals surface area contributed by atoms with Crippen LogP contribution in [0.3, 0.4) is 0 Å². The summed E-state index contributed by atoms with van der Waals surface area (Å²) >= 11 is 1.89. The minimum atomic E-state index is 0.635. The summed E-state index contributed by atoms with van der Waals surface area (Å²) in [4.78, 5) is 5.16. The summed E-state index contributed by atoms with van der Waals surface area (Å²) in [5, 5.41) is 3.57. The molecule has 17 heavy (non-hydrogen) atoms. The van der Waals surface area contributed by atoms with Crippen molar-refractivity contribution in [2.75, 3.05) is 20.6 Å². The summed E-state index contributed by atoms with van der Waals surface area (Å²) in [6.45, 7) is 8.82. The average Bonchev–Trinajstić information content (AvgIpc) is 2.62. The summed E-state index contributed by atoms with van der Waals surface area (Å²) in [5.41, 5.74) is 0. The standard InChI is InChI=1S/C14H26N2S/c1-11(2)8-13(16(4)5)9-15-10-14-7-6-12(3)17-14/h6-7,11,13,15H,8-10H2,1-5H3. The van der Waals surface area contributed by atoms with Gasteiger partial charge in [-0.05, 0) is 45.5 Å². The Morgan fingerprint density at radius 3 is 2.47 bits per heavy atom. The van der Waals surface area contributed by atoms with Crippen molar-refractivity contribution in [3.05, 3.63) is 21.9 Å². The van der Waals surface area contributed by atoms with Crippen LogP contribution in [-0.2, 0) is 6.54 Å². The highest BCUT2D eigenvalue weighted by atomic mass is 32.1. The van der Waals surface area contributed by atoms with Crippen LogP contribution in [0.1, 0.15) is 30.0 Å². The van der Waals surface area contributed by atoms with Crippen LogP contribution in [0.5, 0.6) is 0 Å². The molecule has 0 aliphatic rings. The third-order valence-corrected chi connectivity index (χ3v) is 3.95. The molecule has 0 aromatic carbocycles. The lowest BCUT2D eigenvalue weighted by atomic mass is 10.0. The highest BCUT2D eigenvalue weighted by Crippen LogP contribution is 2.14. The second-order valence-corrected chi connectivity index (χ2v) is 6.76. The van der Waals surface area contributed by atoms with E-state index in [1.807, 2.05) is 11.3 Å². The van der Waals surface area contributed by atoms with Crippen LogP contribution in [-0.4, -0.2) is 31.6 Å². The van der Waals surface area contributed by atoms with Gasteiger partial charge in [-0.15, -0.1) is 11.3 Å². The number of hydrogen-bond donors (Lipinski definition) is 1. The highest BCUT2D eigenvalue weighted by Gasteiger charge is 2.12. The zero-order valence-electron chi connectivity index (χ0n) is 11.8. The maximum atomic E-state index is 3.57. The Labute approximate surface area is 110 Å². The normalized spacial score (nSPS) is 13.6. The lowest BCUT2D eigenvalue weighted by Crippen LogP contribution is -2.38. The number of nitrogens with zero attached hydrogens (tertiary/aromatic N) is 1. The fourth-order valence-electron chi connectivity index (χ4n) is 1.96. The zero-order valence-corrected chi connectivity index (χ0v) is 12.6. The fraction of sp³-hybridized carbons (Fsp3) is 0.714. The van der Waals surface area contributed by atoms with Crippen LogP contribution in [0.25, 0.3) is 0 Å². The average molecular weight is 254 g/mol. The number of hydrogen-bond acceptors (Lipinski definition) is 3. The molecule has 1 N–H and O–H groups in total. The van der Waals surface area contributed by atoms with E-state index in [2.05, 4.69) is 57.2 Å². The molecule has 1 aromatic rings. The molecule has 0 saturated carbocycles. The maximum absolute atomic E-state index is 3.57. The molecule has 1 atom stereocenters. The summed E-state index contributed by atoms with van der Waals surface area (Å²) in [6.07, 6.45) is 1.25. The van der Waals surface area contributed by atoms with E-state index in [1.54, 1.807) is 0 Å². The zero-order chi connectivity index (χ0) is 12.8. The van der Waals surface area contributed by atoms with Gasteiger partial charge < -0.3 is 10.2 Å².